The number of carbonyl (C=O) groups is 2. The molecule has 0 unspecified atom stereocenters. The summed E-state index contributed by atoms with van der Waals surface area (Å²) >= 11 is 0. The molecule has 4 aromatic rings. The van der Waals surface area contributed by atoms with Crippen molar-refractivity contribution in [2.24, 2.45) is 0 Å². The van der Waals surface area contributed by atoms with Crippen LogP contribution in [0.1, 0.15) is 20.7 Å². The molecular formula is C22H13NO5S. The van der Waals surface area contributed by atoms with Gasteiger partial charge >= 0.3 is 10.1 Å². The van der Waals surface area contributed by atoms with Crippen molar-refractivity contribution in [2.75, 3.05) is 0 Å². The molecule has 142 valence electrons. The summed E-state index contributed by atoms with van der Waals surface area (Å²) in [5, 5.41) is 2.81. The molecule has 1 aliphatic rings. The Bertz CT molecular complexity index is 1440. The Morgan fingerprint density at radius 1 is 0.655 bits per heavy atom. The van der Waals surface area contributed by atoms with Gasteiger partial charge in [0.25, 0.3) is 11.8 Å². The standard InChI is InChI=1S/C22H13NO5S/c24-21-18-13-12-15-7-2-4-10-17(15)20(18)22(25)23(21)28-29(26,27)19-11-5-8-14-6-1-3-9-16(14)19/h1-13H. The maximum atomic E-state index is 12.9. The average Bonchev–Trinajstić information content (AvgIpc) is 2.98. The first-order valence-electron chi connectivity index (χ1n) is 8.80. The molecular weight excluding hydrogens is 390 g/mol. The zero-order valence-corrected chi connectivity index (χ0v) is 15.7. The quantitative estimate of drug-likeness (QED) is 0.485. The van der Waals surface area contributed by atoms with Gasteiger partial charge in [-0.05, 0) is 28.3 Å². The van der Waals surface area contributed by atoms with Crippen LogP contribution in [0.4, 0.5) is 0 Å². The second-order valence-corrected chi connectivity index (χ2v) is 8.12. The van der Waals surface area contributed by atoms with Crippen LogP contribution in [0, 0.1) is 0 Å². The van der Waals surface area contributed by atoms with Crippen LogP contribution < -0.4 is 0 Å². The Hall–Kier alpha value is -3.55. The number of amides is 2. The summed E-state index contributed by atoms with van der Waals surface area (Å²) < 4.78 is 30.9. The highest BCUT2D eigenvalue weighted by Crippen LogP contribution is 2.32. The van der Waals surface area contributed by atoms with E-state index in [-0.39, 0.29) is 16.0 Å². The van der Waals surface area contributed by atoms with Crippen LogP contribution in [0.15, 0.2) is 83.8 Å². The van der Waals surface area contributed by atoms with E-state index in [9.17, 15) is 18.0 Å². The van der Waals surface area contributed by atoms with Crippen LogP contribution in [0.5, 0.6) is 0 Å². The lowest BCUT2D eigenvalue weighted by Gasteiger charge is -2.14. The van der Waals surface area contributed by atoms with Crippen molar-refractivity contribution < 1.29 is 22.3 Å². The summed E-state index contributed by atoms with van der Waals surface area (Å²) in [5.41, 5.74) is 0.253. The molecule has 0 fully saturated rings. The van der Waals surface area contributed by atoms with Crippen molar-refractivity contribution >= 4 is 43.5 Å². The van der Waals surface area contributed by atoms with Crippen molar-refractivity contribution in [3.63, 3.8) is 0 Å². The Morgan fingerprint density at radius 2 is 1.28 bits per heavy atom. The maximum Gasteiger partial charge on any atom is 0.318 e. The van der Waals surface area contributed by atoms with Crippen LogP contribution in [-0.4, -0.2) is 25.3 Å². The minimum Gasteiger partial charge on any atom is -0.266 e. The first-order valence-corrected chi connectivity index (χ1v) is 10.2. The number of imide groups is 1. The summed E-state index contributed by atoms with van der Waals surface area (Å²) in [6.07, 6.45) is 0. The van der Waals surface area contributed by atoms with Crippen molar-refractivity contribution in [3.05, 3.63) is 90.0 Å². The second-order valence-electron chi connectivity index (χ2n) is 6.62. The molecule has 1 heterocycles. The van der Waals surface area contributed by atoms with Gasteiger partial charge < -0.3 is 0 Å². The third-order valence-corrected chi connectivity index (χ3v) is 6.17. The average molecular weight is 403 g/mol. The van der Waals surface area contributed by atoms with Gasteiger partial charge in [0.2, 0.25) is 0 Å². The van der Waals surface area contributed by atoms with Crippen molar-refractivity contribution in [3.8, 4) is 0 Å². The zero-order chi connectivity index (χ0) is 20.2. The summed E-state index contributed by atoms with van der Waals surface area (Å²) in [4.78, 5) is 25.5. The van der Waals surface area contributed by atoms with E-state index in [1.165, 1.54) is 12.1 Å². The van der Waals surface area contributed by atoms with Gasteiger partial charge in [0.1, 0.15) is 4.90 Å². The molecule has 0 saturated carbocycles. The number of hydroxylamine groups is 2. The molecule has 6 nitrogen and oxygen atoms in total. The first-order chi connectivity index (χ1) is 14.0. The molecule has 2 amide bonds. The highest BCUT2D eigenvalue weighted by molar-refractivity contribution is 7.87. The van der Waals surface area contributed by atoms with E-state index in [0.717, 1.165) is 5.39 Å². The third-order valence-electron chi connectivity index (χ3n) is 4.93. The molecule has 5 rings (SSSR count). The Kier molecular flexibility index (Phi) is 3.77. The van der Waals surface area contributed by atoms with Gasteiger partial charge in [0.15, 0.2) is 0 Å². The van der Waals surface area contributed by atoms with E-state index in [1.54, 1.807) is 54.6 Å². The molecule has 0 spiro atoms. The molecule has 7 heteroatoms. The fourth-order valence-corrected chi connectivity index (χ4v) is 4.72. The summed E-state index contributed by atoms with van der Waals surface area (Å²) in [6, 6.07) is 21.9. The molecule has 0 bridgehead atoms. The Labute approximate surface area is 166 Å². The number of hydrogen-bond acceptors (Lipinski definition) is 5. The van der Waals surface area contributed by atoms with Crippen LogP contribution in [-0.2, 0) is 14.4 Å². The van der Waals surface area contributed by atoms with Gasteiger partial charge in [-0.3, -0.25) is 9.59 Å². The number of nitrogens with zero attached hydrogens (tertiary/aromatic N) is 1. The fourth-order valence-electron chi connectivity index (χ4n) is 3.60. The van der Waals surface area contributed by atoms with Crippen molar-refractivity contribution in [1.82, 2.24) is 5.06 Å². The topological polar surface area (TPSA) is 80.8 Å². The lowest BCUT2D eigenvalue weighted by molar-refractivity contribution is -0.0102. The number of benzene rings is 4. The molecule has 0 aliphatic carbocycles. The zero-order valence-electron chi connectivity index (χ0n) is 14.9. The smallest absolute Gasteiger partial charge is 0.266 e. The first kappa shape index (κ1) is 17.5. The van der Waals surface area contributed by atoms with Gasteiger partial charge in [-0.15, -0.1) is 9.35 Å². The molecule has 0 atom stereocenters. The third kappa shape index (κ3) is 2.63. The predicted octanol–water partition coefficient (Wildman–Crippen LogP) is 3.91. The number of hydrogen-bond donors (Lipinski definition) is 0. The van der Waals surface area contributed by atoms with E-state index in [4.69, 9.17) is 4.28 Å². The highest BCUT2D eigenvalue weighted by Gasteiger charge is 2.41. The van der Waals surface area contributed by atoms with E-state index in [0.29, 0.717) is 21.2 Å². The minimum atomic E-state index is -4.42. The number of carbonyl (C=O) groups excluding carboxylic acids is 2. The Morgan fingerprint density at radius 3 is 2.03 bits per heavy atom. The van der Waals surface area contributed by atoms with Gasteiger partial charge in [0.05, 0.1) is 11.1 Å². The molecule has 29 heavy (non-hydrogen) atoms. The van der Waals surface area contributed by atoms with Gasteiger partial charge in [0, 0.05) is 5.39 Å². The number of fused-ring (bicyclic) bond motifs is 4. The molecule has 0 radical (unpaired) electrons. The fraction of sp³-hybridized carbons (Fsp3) is 0. The minimum absolute atomic E-state index is 0.113. The van der Waals surface area contributed by atoms with Gasteiger partial charge in [-0.25, -0.2) is 0 Å². The SMILES string of the molecule is O=C1c2ccc3ccccc3c2C(=O)N1OS(=O)(=O)c1cccc2ccccc12. The van der Waals surface area contributed by atoms with Crippen LogP contribution >= 0.6 is 0 Å². The molecule has 0 N–H and O–H groups in total. The van der Waals surface area contributed by atoms with E-state index in [2.05, 4.69) is 0 Å². The lowest BCUT2D eigenvalue weighted by Crippen LogP contribution is -2.32. The molecule has 1 aliphatic heterocycles. The second kappa shape index (κ2) is 6.23. The highest BCUT2D eigenvalue weighted by atomic mass is 32.2. The summed E-state index contributed by atoms with van der Waals surface area (Å²) in [7, 11) is -4.42. The van der Waals surface area contributed by atoms with E-state index >= 15 is 0 Å². The van der Waals surface area contributed by atoms with Crippen LogP contribution in [0.2, 0.25) is 0 Å². The lowest BCUT2D eigenvalue weighted by atomic mass is 10.0. The summed E-state index contributed by atoms with van der Waals surface area (Å²) in [5.74, 6) is -1.61. The van der Waals surface area contributed by atoms with Crippen molar-refractivity contribution in [2.45, 2.75) is 4.90 Å². The van der Waals surface area contributed by atoms with E-state index in [1.807, 2.05) is 12.1 Å². The number of rotatable bonds is 3. The van der Waals surface area contributed by atoms with Crippen LogP contribution in [0.25, 0.3) is 21.5 Å². The van der Waals surface area contributed by atoms with Gasteiger partial charge in [-0.1, -0.05) is 66.7 Å². The summed E-state index contributed by atoms with van der Waals surface area (Å²) in [6.45, 7) is 0. The molecule has 0 saturated heterocycles. The largest absolute Gasteiger partial charge is 0.318 e. The monoisotopic (exact) mass is 403 g/mol. The van der Waals surface area contributed by atoms with Crippen LogP contribution in [0.3, 0.4) is 0 Å². The normalized spacial score (nSPS) is 14.0. The molecule has 4 aromatic carbocycles. The van der Waals surface area contributed by atoms with Crippen molar-refractivity contribution in [1.29, 1.82) is 0 Å². The molecule has 0 aromatic heterocycles. The Balaban J connectivity index is 1.59. The predicted molar refractivity (Wildman–Crippen MR) is 107 cm³/mol. The maximum absolute atomic E-state index is 12.9. The van der Waals surface area contributed by atoms with Gasteiger partial charge in [-0.2, -0.15) is 8.42 Å². The van der Waals surface area contributed by atoms with E-state index < -0.39 is 21.9 Å².